The molecule has 1 unspecified atom stereocenters. The van der Waals surface area contributed by atoms with E-state index in [2.05, 4.69) is 10.6 Å². The second-order valence-electron chi connectivity index (χ2n) is 5.27. The first-order valence-corrected chi connectivity index (χ1v) is 7.76. The highest BCUT2D eigenvalue weighted by molar-refractivity contribution is 5.95. The van der Waals surface area contributed by atoms with Gasteiger partial charge in [-0.1, -0.05) is 6.07 Å². The number of rotatable bonds is 6. The highest BCUT2D eigenvalue weighted by atomic mass is 16.5. The van der Waals surface area contributed by atoms with Crippen LogP contribution in [0.1, 0.15) is 31.9 Å². The second kappa shape index (κ2) is 8.06. The van der Waals surface area contributed by atoms with Crippen LogP contribution in [-0.2, 0) is 9.53 Å². The van der Waals surface area contributed by atoms with E-state index >= 15 is 0 Å². The zero-order chi connectivity index (χ0) is 18.4. The Labute approximate surface area is 145 Å². The van der Waals surface area contributed by atoms with Gasteiger partial charge < -0.3 is 25.2 Å². The quantitative estimate of drug-likeness (QED) is 0.535. The van der Waals surface area contributed by atoms with Crippen LogP contribution in [0.2, 0.25) is 0 Å². The lowest BCUT2D eigenvalue weighted by molar-refractivity contribution is -0.139. The maximum Gasteiger partial charge on any atom is 0.338 e. The first-order chi connectivity index (χ1) is 12.0. The van der Waals surface area contributed by atoms with Crippen LogP contribution in [0.5, 0.6) is 11.5 Å². The lowest BCUT2D eigenvalue weighted by Crippen LogP contribution is -2.45. The molecule has 0 aromatic heterocycles. The third-order valence-electron chi connectivity index (χ3n) is 3.55. The third-order valence-corrected chi connectivity index (χ3v) is 3.55. The van der Waals surface area contributed by atoms with Crippen LogP contribution in [-0.4, -0.2) is 30.3 Å². The number of benzene rings is 1. The molecule has 1 aromatic rings. The molecule has 25 heavy (non-hydrogen) atoms. The van der Waals surface area contributed by atoms with Gasteiger partial charge in [-0.25, -0.2) is 9.59 Å². The Morgan fingerprint density at radius 3 is 2.88 bits per heavy atom. The first kappa shape index (κ1) is 18.1. The van der Waals surface area contributed by atoms with E-state index in [1.165, 1.54) is 6.07 Å². The molecule has 0 spiro atoms. The number of esters is 1. The van der Waals surface area contributed by atoms with Gasteiger partial charge in [-0.15, -0.1) is 0 Å². The van der Waals surface area contributed by atoms with Crippen molar-refractivity contribution < 1.29 is 24.2 Å². The number of phenolic OH excluding ortho intramolecular Hbond substituents is 1. The van der Waals surface area contributed by atoms with Crippen LogP contribution in [0.3, 0.4) is 0 Å². The van der Waals surface area contributed by atoms with Crippen molar-refractivity contribution in [2.75, 3.05) is 13.2 Å². The Morgan fingerprint density at radius 1 is 1.44 bits per heavy atom. The van der Waals surface area contributed by atoms with Crippen molar-refractivity contribution in [2.45, 2.75) is 26.3 Å². The van der Waals surface area contributed by atoms with E-state index in [1.807, 2.05) is 6.07 Å². The molecule has 2 rings (SSSR count). The molecule has 1 aliphatic rings. The summed E-state index contributed by atoms with van der Waals surface area (Å²) in [6.07, 6.45) is 0.0796. The van der Waals surface area contributed by atoms with Gasteiger partial charge in [-0.3, -0.25) is 0 Å². The fourth-order valence-electron chi connectivity index (χ4n) is 2.46. The molecule has 0 saturated carbocycles. The number of carbonyl (C=O) groups excluding carboxylic acids is 2. The predicted molar refractivity (Wildman–Crippen MR) is 87.6 cm³/mol. The summed E-state index contributed by atoms with van der Waals surface area (Å²) in [5, 5.41) is 23.6. The molecule has 0 bridgehead atoms. The first-order valence-electron chi connectivity index (χ1n) is 7.76. The van der Waals surface area contributed by atoms with Crippen molar-refractivity contribution in [3.8, 4) is 17.6 Å². The van der Waals surface area contributed by atoms with E-state index in [9.17, 15) is 14.7 Å². The van der Waals surface area contributed by atoms with Gasteiger partial charge in [0.05, 0.1) is 30.7 Å². The Bertz CT molecular complexity index is 751. The largest absolute Gasteiger partial charge is 0.504 e. The molecule has 1 aliphatic heterocycles. The van der Waals surface area contributed by atoms with Gasteiger partial charge in [-0.05, 0) is 31.5 Å². The van der Waals surface area contributed by atoms with Gasteiger partial charge >= 0.3 is 12.0 Å². The normalized spacial score (nSPS) is 16.5. The minimum atomic E-state index is -0.761. The van der Waals surface area contributed by atoms with Crippen LogP contribution < -0.4 is 15.4 Å². The molecule has 3 N–H and O–H groups in total. The second-order valence-corrected chi connectivity index (χ2v) is 5.27. The van der Waals surface area contributed by atoms with Crippen LogP contribution >= 0.6 is 0 Å². The minimum Gasteiger partial charge on any atom is -0.504 e. The molecule has 8 heteroatoms. The molecule has 1 heterocycles. The number of phenols is 1. The molecule has 0 aliphatic carbocycles. The molecule has 0 saturated heterocycles. The van der Waals surface area contributed by atoms with Crippen molar-refractivity contribution in [2.24, 2.45) is 0 Å². The van der Waals surface area contributed by atoms with Crippen LogP contribution in [0.25, 0.3) is 0 Å². The topological polar surface area (TPSA) is 121 Å². The lowest BCUT2D eigenvalue weighted by atomic mass is 9.95. The molecule has 8 nitrogen and oxygen atoms in total. The molecule has 2 amide bonds. The van der Waals surface area contributed by atoms with E-state index < -0.39 is 18.0 Å². The number of carbonyl (C=O) groups is 2. The van der Waals surface area contributed by atoms with E-state index in [0.717, 1.165) is 0 Å². The van der Waals surface area contributed by atoms with Crippen molar-refractivity contribution in [1.82, 2.24) is 10.6 Å². The molecule has 1 atom stereocenters. The highest BCUT2D eigenvalue weighted by Gasteiger charge is 2.32. The SMILES string of the molecule is CCOc1cc(C2NC(=O)NC(C)=C2C(=O)OCCC#N)ccc1O. The highest BCUT2D eigenvalue weighted by Crippen LogP contribution is 2.34. The number of nitriles is 1. The van der Waals surface area contributed by atoms with Crippen molar-refractivity contribution in [1.29, 1.82) is 5.26 Å². The number of nitrogens with zero attached hydrogens (tertiary/aromatic N) is 1. The summed E-state index contributed by atoms with van der Waals surface area (Å²) in [5.74, 6) is -0.413. The fourth-order valence-corrected chi connectivity index (χ4v) is 2.46. The minimum absolute atomic E-state index is 0.0352. The van der Waals surface area contributed by atoms with E-state index in [1.54, 1.807) is 26.0 Å². The van der Waals surface area contributed by atoms with Gasteiger partial charge in [0.15, 0.2) is 11.5 Å². The zero-order valence-electron chi connectivity index (χ0n) is 14.0. The van der Waals surface area contributed by atoms with E-state index in [-0.39, 0.29) is 30.1 Å². The Hall–Kier alpha value is -3.21. The Kier molecular flexibility index (Phi) is 5.84. The van der Waals surface area contributed by atoms with Crippen molar-refractivity contribution in [3.63, 3.8) is 0 Å². The van der Waals surface area contributed by atoms with Crippen molar-refractivity contribution in [3.05, 3.63) is 35.0 Å². The molecule has 0 radical (unpaired) electrons. The number of urea groups is 1. The van der Waals surface area contributed by atoms with E-state index in [0.29, 0.717) is 17.9 Å². The summed E-state index contributed by atoms with van der Waals surface area (Å²) in [7, 11) is 0. The summed E-state index contributed by atoms with van der Waals surface area (Å²) < 4.78 is 10.4. The number of hydrogen-bond acceptors (Lipinski definition) is 6. The zero-order valence-corrected chi connectivity index (χ0v) is 14.0. The maximum atomic E-state index is 12.4. The number of aromatic hydroxyl groups is 1. The molecule has 0 fully saturated rings. The monoisotopic (exact) mass is 345 g/mol. The van der Waals surface area contributed by atoms with Crippen LogP contribution in [0.4, 0.5) is 4.79 Å². The summed E-state index contributed by atoms with van der Waals surface area (Å²) in [6.45, 7) is 3.69. The average molecular weight is 345 g/mol. The number of amides is 2. The van der Waals surface area contributed by atoms with Gasteiger partial charge in [0, 0.05) is 5.70 Å². The summed E-state index contributed by atoms with van der Waals surface area (Å²) in [4.78, 5) is 24.2. The van der Waals surface area contributed by atoms with Gasteiger partial charge in [0.1, 0.15) is 6.61 Å². The summed E-state index contributed by atoms with van der Waals surface area (Å²) >= 11 is 0. The van der Waals surface area contributed by atoms with Crippen LogP contribution in [0.15, 0.2) is 29.5 Å². The van der Waals surface area contributed by atoms with Gasteiger partial charge in [0.2, 0.25) is 0 Å². The Morgan fingerprint density at radius 2 is 2.20 bits per heavy atom. The standard InChI is InChI=1S/C17H19N3O5/c1-3-24-13-9-11(5-6-12(13)21)15-14(10(2)19-17(23)20-15)16(22)25-8-4-7-18/h5-6,9,15,21H,3-4,8H2,1-2H3,(H2,19,20,23). The number of nitrogens with one attached hydrogen (secondary N) is 2. The average Bonchev–Trinajstić information content (AvgIpc) is 2.56. The predicted octanol–water partition coefficient (Wildman–Crippen LogP) is 1.88. The van der Waals surface area contributed by atoms with Gasteiger partial charge in [0.25, 0.3) is 0 Å². The fraction of sp³-hybridized carbons (Fsp3) is 0.353. The molecule has 1 aromatic carbocycles. The van der Waals surface area contributed by atoms with Gasteiger partial charge in [-0.2, -0.15) is 5.26 Å². The maximum absolute atomic E-state index is 12.4. The summed E-state index contributed by atoms with van der Waals surface area (Å²) in [6, 6.07) is 5.26. The number of allylic oxidation sites excluding steroid dienone is 1. The molecular weight excluding hydrogens is 326 g/mol. The lowest BCUT2D eigenvalue weighted by Gasteiger charge is -2.28. The third kappa shape index (κ3) is 4.20. The van der Waals surface area contributed by atoms with Crippen molar-refractivity contribution >= 4 is 12.0 Å². The van der Waals surface area contributed by atoms with Crippen LogP contribution in [0, 0.1) is 11.3 Å². The molecule has 132 valence electrons. The Balaban J connectivity index is 2.37. The summed E-state index contributed by atoms with van der Waals surface area (Å²) in [5.41, 5.74) is 1.15. The molecular formula is C17H19N3O5. The number of hydrogen-bond donors (Lipinski definition) is 3. The smallest absolute Gasteiger partial charge is 0.338 e. The van der Waals surface area contributed by atoms with E-state index in [4.69, 9.17) is 14.7 Å². The number of ether oxygens (including phenoxy) is 2.